The molecule has 1 aromatic rings. The van der Waals surface area contributed by atoms with Crippen LogP contribution in [0.15, 0.2) is 18.2 Å². The molecule has 1 rings (SSSR count). The first-order valence-electron chi connectivity index (χ1n) is 6.48. The van der Waals surface area contributed by atoms with E-state index in [4.69, 9.17) is 14.7 Å². The molecule has 108 valence electrons. The van der Waals surface area contributed by atoms with E-state index in [1.54, 1.807) is 37.1 Å². The van der Waals surface area contributed by atoms with E-state index in [0.717, 1.165) is 0 Å². The van der Waals surface area contributed by atoms with E-state index in [1.165, 1.54) is 7.11 Å². The minimum atomic E-state index is -0.195. The van der Waals surface area contributed by atoms with Crippen LogP contribution in [0.2, 0.25) is 0 Å². The van der Waals surface area contributed by atoms with Gasteiger partial charge >= 0.3 is 0 Å². The third kappa shape index (κ3) is 3.64. The Balaban J connectivity index is 2.98. The van der Waals surface area contributed by atoms with E-state index in [2.05, 4.69) is 6.07 Å². The lowest BCUT2D eigenvalue weighted by Gasteiger charge is -2.22. The number of hydrogen-bond acceptors (Lipinski definition) is 4. The summed E-state index contributed by atoms with van der Waals surface area (Å²) in [5.41, 5.74) is 0.523. The number of nitrogens with zero attached hydrogens (tertiary/aromatic N) is 2. The quantitative estimate of drug-likeness (QED) is 0.800. The first kappa shape index (κ1) is 15.8. The molecule has 1 unspecified atom stereocenters. The standard InChI is InChI=1S/C15H20N2O3/c1-5-17(10-11(2)9-16)15(18)12-6-7-13(19-3)14(8-12)20-4/h6-8,11H,5,10H2,1-4H3. The third-order valence-corrected chi connectivity index (χ3v) is 3.01. The maximum Gasteiger partial charge on any atom is 0.254 e. The lowest BCUT2D eigenvalue weighted by atomic mass is 10.1. The number of rotatable bonds is 6. The molecule has 0 spiro atoms. The lowest BCUT2D eigenvalue weighted by molar-refractivity contribution is 0.0752. The second-order valence-electron chi connectivity index (χ2n) is 4.44. The molecule has 0 aliphatic carbocycles. The van der Waals surface area contributed by atoms with Crippen LogP contribution < -0.4 is 9.47 Å². The molecule has 1 atom stereocenters. The van der Waals surface area contributed by atoms with Gasteiger partial charge in [-0.2, -0.15) is 5.26 Å². The van der Waals surface area contributed by atoms with Crippen molar-refractivity contribution in [1.29, 1.82) is 5.26 Å². The molecule has 0 saturated heterocycles. The first-order valence-corrected chi connectivity index (χ1v) is 6.48. The fourth-order valence-electron chi connectivity index (χ4n) is 1.88. The number of benzene rings is 1. The van der Waals surface area contributed by atoms with Crippen LogP contribution in [-0.4, -0.2) is 38.1 Å². The second-order valence-corrected chi connectivity index (χ2v) is 4.44. The highest BCUT2D eigenvalue weighted by Gasteiger charge is 2.18. The number of amides is 1. The van der Waals surface area contributed by atoms with Gasteiger partial charge in [0.1, 0.15) is 0 Å². The predicted octanol–water partition coefficient (Wildman–Crippen LogP) is 2.33. The van der Waals surface area contributed by atoms with Gasteiger partial charge in [0, 0.05) is 18.7 Å². The van der Waals surface area contributed by atoms with Crippen LogP contribution in [0, 0.1) is 17.2 Å². The zero-order valence-corrected chi connectivity index (χ0v) is 12.3. The zero-order valence-electron chi connectivity index (χ0n) is 12.3. The van der Waals surface area contributed by atoms with Gasteiger partial charge in [-0.15, -0.1) is 0 Å². The molecule has 0 aliphatic rings. The van der Waals surface area contributed by atoms with E-state index >= 15 is 0 Å². The van der Waals surface area contributed by atoms with Crippen molar-refractivity contribution in [2.45, 2.75) is 13.8 Å². The maximum atomic E-state index is 12.4. The van der Waals surface area contributed by atoms with Crippen molar-refractivity contribution in [1.82, 2.24) is 4.90 Å². The Morgan fingerprint density at radius 3 is 2.50 bits per heavy atom. The van der Waals surface area contributed by atoms with E-state index in [-0.39, 0.29) is 11.8 Å². The van der Waals surface area contributed by atoms with Gasteiger partial charge in [0.15, 0.2) is 11.5 Å². The average Bonchev–Trinajstić information content (AvgIpc) is 2.50. The summed E-state index contributed by atoms with van der Waals surface area (Å²) in [6.45, 7) is 4.66. The number of carbonyl (C=O) groups is 1. The SMILES string of the molecule is CCN(CC(C)C#N)C(=O)c1ccc(OC)c(OC)c1. The average molecular weight is 276 g/mol. The van der Waals surface area contributed by atoms with Crippen LogP contribution in [0.25, 0.3) is 0 Å². The van der Waals surface area contributed by atoms with E-state index in [1.807, 2.05) is 6.92 Å². The Hall–Kier alpha value is -2.22. The summed E-state index contributed by atoms with van der Waals surface area (Å²) < 4.78 is 10.3. The summed E-state index contributed by atoms with van der Waals surface area (Å²) in [5.74, 6) is 0.787. The molecule has 0 N–H and O–H groups in total. The Morgan fingerprint density at radius 2 is 2.00 bits per heavy atom. The van der Waals surface area contributed by atoms with Gasteiger partial charge in [-0.1, -0.05) is 0 Å². The Labute approximate surface area is 119 Å². The summed E-state index contributed by atoms with van der Waals surface area (Å²) in [6.07, 6.45) is 0. The highest BCUT2D eigenvalue weighted by atomic mass is 16.5. The molecule has 0 heterocycles. The van der Waals surface area contributed by atoms with E-state index < -0.39 is 0 Å². The highest BCUT2D eigenvalue weighted by Crippen LogP contribution is 2.28. The van der Waals surface area contributed by atoms with Crippen molar-refractivity contribution in [3.63, 3.8) is 0 Å². The van der Waals surface area contributed by atoms with Crippen LogP contribution in [-0.2, 0) is 0 Å². The van der Waals surface area contributed by atoms with Gasteiger partial charge in [0.2, 0.25) is 0 Å². The molecule has 0 aliphatic heterocycles. The molecule has 5 nitrogen and oxygen atoms in total. The summed E-state index contributed by atoms with van der Waals surface area (Å²) in [5, 5.41) is 8.86. The topological polar surface area (TPSA) is 62.6 Å². The third-order valence-electron chi connectivity index (χ3n) is 3.01. The summed E-state index contributed by atoms with van der Waals surface area (Å²) in [6, 6.07) is 7.19. The molecular formula is C15H20N2O3. The van der Waals surface area contributed by atoms with Crippen LogP contribution in [0.3, 0.4) is 0 Å². The van der Waals surface area contributed by atoms with Crippen molar-refractivity contribution in [3.05, 3.63) is 23.8 Å². The van der Waals surface area contributed by atoms with Crippen molar-refractivity contribution < 1.29 is 14.3 Å². The number of ether oxygens (including phenoxy) is 2. The number of methoxy groups -OCH3 is 2. The normalized spacial score (nSPS) is 11.3. The van der Waals surface area contributed by atoms with Gasteiger partial charge in [-0.3, -0.25) is 4.79 Å². The number of hydrogen-bond donors (Lipinski definition) is 0. The zero-order chi connectivity index (χ0) is 15.1. The van der Waals surface area contributed by atoms with E-state index in [9.17, 15) is 4.79 Å². The Morgan fingerprint density at radius 1 is 1.35 bits per heavy atom. The minimum absolute atomic E-state index is 0.115. The van der Waals surface area contributed by atoms with Gasteiger partial charge in [0.05, 0.1) is 26.2 Å². The number of carbonyl (C=O) groups excluding carboxylic acids is 1. The minimum Gasteiger partial charge on any atom is -0.493 e. The van der Waals surface area contributed by atoms with Crippen molar-refractivity contribution in [2.24, 2.45) is 5.92 Å². The van der Waals surface area contributed by atoms with Gasteiger partial charge in [-0.05, 0) is 32.0 Å². The van der Waals surface area contributed by atoms with Gasteiger partial charge in [0.25, 0.3) is 5.91 Å². The smallest absolute Gasteiger partial charge is 0.254 e. The van der Waals surface area contributed by atoms with Crippen LogP contribution in [0.5, 0.6) is 11.5 Å². The molecule has 0 aromatic heterocycles. The number of nitriles is 1. The lowest BCUT2D eigenvalue weighted by Crippen LogP contribution is -2.34. The monoisotopic (exact) mass is 276 g/mol. The first-order chi connectivity index (χ1) is 9.57. The van der Waals surface area contributed by atoms with Crippen molar-refractivity contribution in [2.75, 3.05) is 27.3 Å². The summed E-state index contributed by atoms with van der Waals surface area (Å²) >= 11 is 0. The molecule has 20 heavy (non-hydrogen) atoms. The molecule has 0 bridgehead atoms. The second kappa shape index (κ2) is 7.39. The Bertz CT molecular complexity index is 508. The molecule has 1 aromatic carbocycles. The summed E-state index contributed by atoms with van der Waals surface area (Å²) in [7, 11) is 3.08. The molecule has 5 heteroatoms. The predicted molar refractivity (Wildman–Crippen MR) is 75.9 cm³/mol. The van der Waals surface area contributed by atoms with Crippen molar-refractivity contribution >= 4 is 5.91 Å². The molecular weight excluding hydrogens is 256 g/mol. The largest absolute Gasteiger partial charge is 0.493 e. The van der Waals surface area contributed by atoms with Crippen LogP contribution in [0.4, 0.5) is 0 Å². The van der Waals surface area contributed by atoms with Gasteiger partial charge in [-0.25, -0.2) is 0 Å². The van der Waals surface area contributed by atoms with E-state index in [0.29, 0.717) is 30.2 Å². The fourth-order valence-corrected chi connectivity index (χ4v) is 1.88. The molecule has 0 radical (unpaired) electrons. The Kier molecular flexibility index (Phi) is 5.85. The summed E-state index contributed by atoms with van der Waals surface area (Å²) in [4.78, 5) is 14.1. The highest BCUT2D eigenvalue weighted by molar-refractivity contribution is 5.95. The molecule has 1 amide bonds. The molecule has 0 fully saturated rings. The fraction of sp³-hybridized carbons (Fsp3) is 0.467. The maximum absolute atomic E-state index is 12.4. The van der Waals surface area contributed by atoms with Crippen LogP contribution in [0.1, 0.15) is 24.2 Å². The van der Waals surface area contributed by atoms with Crippen LogP contribution >= 0.6 is 0 Å². The van der Waals surface area contributed by atoms with Gasteiger partial charge < -0.3 is 14.4 Å². The van der Waals surface area contributed by atoms with Crippen molar-refractivity contribution in [3.8, 4) is 17.6 Å². The molecule has 0 saturated carbocycles.